The molecule has 0 spiro atoms. The van der Waals surface area contributed by atoms with Crippen LogP contribution in [0.5, 0.6) is 5.75 Å². The molecule has 0 radical (unpaired) electrons. The predicted molar refractivity (Wildman–Crippen MR) is 98.8 cm³/mol. The largest absolute Gasteiger partial charge is 0.507 e. The number of nitrogens with one attached hydrogen (secondary N) is 3. The lowest BCUT2D eigenvalue weighted by molar-refractivity contribution is -0.116. The molecule has 6 heteroatoms. The van der Waals surface area contributed by atoms with Gasteiger partial charge >= 0.3 is 0 Å². The van der Waals surface area contributed by atoms with Crippen LogP contribution in [0.3, 0.4) is 0 Å². The highest BCUT2D eigenvalue weighted by Crippen LogP contribution is 2.32. The molecule has 25 heavy (non-hydrogen) atoms. The van der Waals surface area contributed by atoms with Crippen LogP contribution in [0.25, 0.3) is 21.9 Å². The molecular formula is C19H19N3O3. The van der Waals surface area contributed by atoms with E-state index in [0.717, 1.165) is 11.1 Å². The smallest absolute Gasteiger partial charge is 0.255 e. The number of hydrogen-bond acceptors (Lipinski definition) is 4. The van der Waals surface area contributed by atoms with Crippen LogP contribution in [0.4, 0.5) is 5.69 Å². The van der Waals surface area contributed by atoms with Crippen LogP contribution in [-0.2, 0) is 4.79 Å². The molecule has 0 unspecified atom stereocenters. The molecule has 2 aromatic carbocycles. The SMILES string of the molecule is CNCCC(=O)Nc1ccc(-c2c[nH]c(=O)c3cccc(O)c23)cc1. The number of phenolic OH excluding ortho intramolecular Hbond substituents is 1. The number of anilines is 1. The molecular weight excluding hydrogens is 318 g/mol. The Bertz CT molecular complexity index is 962. The van der Waals surface area contributed by atoms with Gasteiger partial charge < -0.3 is 20.7 Å². The van der Waals surface area contributed by atoms with Crippen molar-refractivity contribution in [3.63, 3.8) is 0 Å². The Hall–Kier alpha value is -3.12. The lowest BCUT2D eigenvalue weighted by Gasteiger charge is -2.10. The van der Waals surface area contributed by atoms with Crippen LogP contribution < -0.4 is 16.2 Å². The summed E-state index contributed by atoms with van der Waals surface area (Å²) in [7, 11) is 1.80. The first-order chi connectivity index (χ1) is 12.1. The van der Waals surface area contributed by atoms with Crippen molar-refractivity contribution >= 4 is 22.4 Å². The first-order valence-electron chi connectivity index (χ1n) is 7.98. The van der Waals surface area contributed by atoms with E-state index in [1.54, 1.807) is 43.6 Å². The number of hydrogen-bond donors (Lipinski definition) is 4. The molecule has 4 N–H and O–H groups in total. The van der Waals surface area contributed by atoms with Crippen molar-refractivity contribution in [3.8, 4) is 16.9 Å². The van der Waals surface area contributed by atoms with E-state index in [0.29, 0.717) is 29.4 Å². The van der Waals surface area contributed by atoms with E-state index in [-0.39, 0.29) is 17.2 Å². The second kappa shape index (κ2) is 7.19. The monoisotopic (exact) mass is 337 g/mol. The minimum absolute atomic E-state index is 0.0584. The highest BCUT2D eigenvalue weighted by atomic mass is 16.3. The zero-order chi connectivity index (χ0) is 17.8. The Balaban J connectivity index is 1.93. The van der Waals surface area contributed by atoms with Crippen LogP contribution in [-0.4, -0.2) is 29.6 Å². The lowest BCUT2D eigenvalue weighted by atomic mass is 10.00. The molecule has 0 aliphatic heterocycles. The average molecular weight is 337 g/mol. The Morgan fingerprint density at radius 3 is 2.64 bits per heavy atom. The van der Waals surface area contributed by atoms with Crippen LogP contribution >= 0.6 is 0 Å². The zero-order valence-corrected chi connectivity index (χ0v) is 13.8. The maximum absolute atomic E-state index is 12.0. The molecule has 0 aliphatic carbocycles. The van der Waals surface area contributed by atoms with Gasteiger partial charge in [-0.3, -0.25) is 9.59 Å². The molecule has 1 heterocycles. The molecule has 128 valence electrons. The van der Waals surface area contributed by atoms with Gasteiger partial charge in [0.15, 0.2) is 0 Å². The predicted octanol–water partition coefficient (Wildman–Crippen LogP) is 2.45. The average Bonchev–Trinajstić information content (AvgIpc) is 2.62. The van der Waals surface area contributed by atoms with Crippen molar-refractivity contribution in [2.45, 2.75) is 6.42 Å². The minimum Gasteiger partial charge on any atom is -0.507 e. The number of aromatic nitrogens is 1. The fourth-order valence-corrected chi connectivity index (χ4v) is 2.72. The van der Waals surface area contributed by atoms with E-state index in [9.17, 15) is 14.7 Å². The molecule has 0 bridgehead atoms. The molecule has 1 aromatic heterocycles. The number of amides is 1. The Kier molecular flexibility index (Phi) is 4.81. The van der Waals surface area contributed by atoms with Gasteiger partial charge in [-0.1, -0.05) is 18.2 Å². The third-order valence-electron chi connectivity index (χ3n) is 3.99. The number of aromatic hydroxyl groups is 1. The zero-order valence-electron chi connectivity index (χ0n) is 13.8. The van der Waals surface area contributed by atoms with Gasteiger partial charge in [-0.15, -0.1) is 0 Å². The summed E-state index contributed by atoms with van der Waals surface area (Å²) in [5.74, 6) is -0.00252. The van der Waals surface area contributed by atoms with Crippen molar-refractivity contribution < 1.29 is 9.90 Å². The quantitative estimate of drug-likeness (QED) is 0.575. The first kappa shape index (κ1) is 16.7. The highest BCUT2D eigenvalue weighted by molar-refractivity contribution is 6.00. The summed E-state index contributed by atoms with van der Waals surface area (Å²) < 4.78 is 0. The number of pyridine rings is 1. The molecule has 0 atom stereocenters. The Morgan fingerprint density at radius 1 is 1.16 bits per heavy atom. The molecule has 0 saturated heterocycles. The maximum Gasteiger partial charge on any atom is 0.255 e. The van der Waals surface area contributed by atoms with E-state index >= 15 is 0 Å². The number of aromatic amines is 1. The number of rotatable bonds is 5. The van der Waals surface area contributed by atoms with E-state index in [2.05, 4.69) is 15.6 Å². The van der Waals surface area contributed by atoms with Gasteiger partial charge in [0.25, 0.3) is 5.56 Å². The summed E-state index contributed by atoms with van der Waals surface area (Å²) in [5, 5.41) is 16.9. The topological polar surface area (TPSA) is 94.2 Å². The van der Waals surface area contributed by atoms with Gasteiger partial charge in [-0.05, 0) is 36.9 Å². The molecule has 0 aliphatic rings. The van der Waals surface area contributed by atoms with Crippen molar-refractivity contribution in [1.82, 2.24) is 10.3 Å². The lowest BCUT2D eigenvalue weighted by Crippen LogP contribution is -2.18. The fourth-order valence-electron chi connectivity index (χ4n) is 2.72. The molecule has 1 amide bonds. The fraction of sp³-hybridized carbons (Fsp3) is 0.158. The van der Waals surface area contributed by atoms with Crippen molar-refractivity contribution in [1.29, 1.82) is 0 Å². The van der Waals surface area contributed by atoms with Crippen molar-refractivity contribution in [2.75, 3.05) is 18.9 Å². The second-order valence-electron chi connectivity index (χ2n) is 5.71. The van der Waals surface area contributed by atoms with E-state index in [1.165, 1.54) is 0 Å². The molecule has 3 rings (SSSR count). The van der Waals surface area contributed by atoms with Crippen molar-refractivity contribution in [2.24, 2.45) is 0 Å². The van der Waals surface area contributed by atoms with Crippen molar-refractivity contribution in [3.05, 3.63) is 59.0 Å². The van der Waals surface area contributed by atoms with Crippen LogP contribution in [0.15, 0.2) is 53.5 Å². The molecule has 6 nitrogen and oxygen atoms in total. The van der Waals surface area contributed by atoms with Gasteiger partial charge in [0.1, 0.15) is 5.75 Å². The Labute approximate surface area is 144 Å². The maximum atomic E-state index is 12.0. The molecule has 0 fully saturated rings. The third kappa shape index (κ3) is 3.54. The molecule has 0 saturated carbocycles. The van der Waals surface area contributed by atoms with Gasteiger partial charge in [-0.25, -0.2) is 0 Å². The van der Waals surface area contributed by atoms with Crippen LogP contribution in [0.1, 0.15) is 6.42 Å². The third-order valence-corrected chi connectivity index (χ3v) is 3.99. The first-order valence-corrected chi connectivity index (χ1v) is 7.98. The van der Waals surface area contributed by atoms with Gasteiger partial charge in [0.05, 0.1) is 5.39 Å². The van der Waals surface area contributed by atoms with E-state index in [1.807, 2.05) is 12.1 Å². The van der Waals surface area contributed by atoms with Gasteiger partial charge in [-0.2, -0.15) is 0 Å². The minimum atomic E-state index is -0.247. The Morgan fingerprint density at radius 2 is 1.92 bits per heavy atom. The summed E-state index contributed by atoms with van der Waals surface area (Å²) in [4.78, 5) is 26.4. The number of benzene rings is 2. The summed E-state index contributed by atoms with van der Waals surface area (Å²) in [6.45, 7) is 0.618. The normalized spacial score (nSPS) is 10.8. The number of phenols is 1. The number of carbonyl (C=O) groups excluding carboxylic acids is 1. The molecule has 3 aromatic rings. The second-order valence-corrected chi connectivity index (χ2v) is 5.71. The highest BCUT2D eigenvalue weighted by Gasteiger charge is 2.11. The summed E-state index contributed by atoms with van der Waals surface area (Å²) in [5.41, 5.74) is 2.00. The number of fused-ring (bicyclic) bond motifs is 1. The van der Waals surface area contributed by atoms with Crippen LogP contribution in [0.2, 0.25) is 0 Å². The summed E-state index contributed by atoms with van der Waals surface area (Å²) >= 11 is 0. The van der Waals surface area contributed by atoms with E-state index in [4.69, 9.17) is 0 Å². The van der Waals surface area contributed by atoms with Crippen LogP contribution in [0, 0.1) is 0 Å². The standard InChI is InChI=1S/C19H19N3O3/c1-20-10-9-17(24)22-13-7-5-12(6-8-13)15-11-21-19(25)14-3-2-4-16(23)18(14)15/h2-8,11,20,23H,9-10H2,1H3,(H,21,25)(H,22,24). The summed E-state index contributed by atoms with van der Waals surface area (Å²) in [6.07, 6.45) is 1.99. The van der Waals surface area contributed by atoms with Gasteiger partial charge in [0, 0.05) is 35.8 Å². The number of carbonyl (C=O) groups is 1. The summed E-state index contributed by atoms with van der Waals surface area (Å²) in [6, 6.07) is 12.1. The number of H-pyrrole nitrogens is 1. The van der Waals surface area contributed by atoms with Gasteiger partial charge in [0.2, 0.25) is 5.91 Å². The van der Waals surface area contributed by atoms with E-state index < -0.39 is 0 Å².